The maximum Gasteiger partial charge on any atom is 0.170 e. The first-order chi connectivity index (χ1) is 9.52. The molecule has 1 fully saturated rings. The molecule has 0 radical (unpaired) electrons. The van der Waals surface area contributed by atoms with Crippen molar-refractivity contribution < 1.29 is 5.21 Å². The molecule has 0 bridgehead atoms. The first-order valence-corrected chi connectivity index (χ1v) is 7.09. The summed E-state index contributed by atoms with van der Waals surface area (Å²) in [4.78, 5) is 4.55. The molecular weight excluding hydrogens is 276 g/mol. The van der Waals surface area contributed by atoms with Crippen LogP contribution in [-0.2, 0) is 0 Å². The topological polar surface area (TPSA) is 65.1 Å². The zero-order chi connectivity index (χ0) is 14.7. The minimum atomic E-state index is 0.0681. The van der Waals surface area contributed by atoms with Gasteiger partial charge in [0, 0.05) is 25.2 Å². The van der Waals surface area contributed by atoms with Crippen LogP contribution in [0.5, 0.6) is 0 Å². The number of likely N-dealkylation sites (tertiary alicyclic amines) is 1. The van der Waals surface area contributed by atoms with Gasteiger partial charge in [0.15, 0.2) is 5.84 Å². The van der Waals surface area contributed by atoms with E-state index in [4.69, 9.17) is 22.5 Å². The smallest absolute Gasteiger partial charge is 0.170 e. The molecule has 1 heterocycles. The number of hydrogen-bond donors (Lipinski definition) is 2. The van der Waals surface area contributed by atoms with Gasteiger partial charge in [-0.1, -0.05) is 16.8 Å². The van der Waals surface area contributed by atoms with Crippen LogP contribution in [0.25, 0.3) is 0 Å². The van der Waals surface area contributed by atoms with Crippen LogP contribution in [0.1, 0.15) is 18.4 Å². The Labute approximate surface area is 124 Å². The molecule has 0 spiro atoms. The van der Waals surface area contributed by atoms with Crippen LogP contribution in [-0.4, -0.2) is 49.2 Å². The minimum absolute atomic E-state index is 0.0681. The van der Waals surface area contributed by atoms with Crippen molar-refractivity contribution in [3.63, 3.8) is 0 Å². The first-order valence-electron chi connectivity index (χ1n) is 6.71. The largest absolute Gasteiger partial charge is 0.409 e. The van der Waals surface area contributed by atoms with Gasteiger partial charge < -0.3 is 20.7 Å². The molecule has 1 aromatic rings. The lowest BCUT2D eigenvalue weighted by Gasteiger charge is -2.37. The van der Waals surface area contributed by atoms with E-state index in [1.807, 2.05) is 12.1 Å². The molecule has 1 aliphatic rings. The highest BCUT2D eigenvalue weighted by atomic mass is 35.5. The summed E-state index contributed by atoms with van der Waals surface area (Å²) < 4.78 is 0. The van der Waals surface area contributed by atoms with Crippen molar-refractivity contribution in [1.82, 2.24) is 4.90 Å². The molecule has 1 atom stereocenters. The average Bonchev–Trinajstić information content (AvgIpc) is 2.45. The van der Waals surface area contributed by atoms with E-state index in [9.17, 15) is 0 Å². The number of amidine groups is 1. The molecule has 1 saturated heterocycles. The fourth-order valence-corrected chi connectivity index (χ4v) is 2.98. The molecule has 1 unspecified atom stereocenters. The molecule has 1 aromatic carbocycles. The van der Waals surface area contributed by atoms with Crippen LogP contribution in [0, 0.1) is 0 Å². The van der Waals surface area contributed by atoms with Crippen molar-refractivity contribution in [3.05, 3.63) is 28.8 Å². The predicted molar refractivity (Wildman–Crippen MR) is 82.9 cm³/mol. The number of rotatable bonds is 3. The van der Waals surface area contributed by atoms with Gasteiger partial charge in [-0.15, -0.1) is 0 Å². The summed E-state index contributed by atoms with van der Waals surface area (Å²) in [6, 6.07) is 5.93. The Kier molecular flexibility index (Phi) is 4.73. The fraction of sp³-hybridized carbons (Fsp3) is 0.500. The number of benzene rings is 1. The lowest BCUT2D eigenvalue weighted by molar-refractivity contribution is 0.248. The Morgan fingerprint density at radius 1 is 1.55 bits per heavy atom. The Balaban J connectivity index is 2.20. The molecule has 2 rings (SSSR count). The molecule has 0 amide bonds. The van der Waals surface area contributed by atoms with Crippen molar-refractivity contribution in [2.45, 2.75) is 18.9 Å². The first kappa shape index (κ1) is 14.9. The van der Waals surface area contributed by atoms with E-state index in [0.717, 1.165) is 18.8 Å². The number of anilines is 1. The van der Waals surface area contributed by atoms with E-state index in [-0.39, 0.29) is 5.84 Å². The van der Waals surface area contributed by atoms with Crippen molar-refractivity contribution >= 4 is 23.1 Å². The Morgan fingerprint density at radius 2 is 2.30 bits per heavy atom. The third-order valence-corrected chi connectivity index (χ3v) is 4.18. The zero-order valence-corrected chi connectivity index (χ0v) is 12.6. The molecule has 20 heavy (non-hydrogen) atoms. The average molecular weight is 297 g/mol. The quantitative estimate of drug-likeness (QED) is 0.387. The van der Waals surface area contributed by atoms with Crippen LogP contribution in [0.4, 0.5) is 5.69 Å². The number of hydrogen-bond acceptors (Lipinski definition) is 4. The molecule has 0 saturated carbocycles. The third kappa shape index (κ3) is 3.16. The van der Waals surface area contributed by atoms with E-state index in [0.29, 0.717) is 16.6 Å². The van der Waals surface area contributed by atoms with Crippen molar-refractivity contribution in [2.75, 3.05) is 32.1 Å². The van der Waals surface area contributed by atoms with E-state index in [1.54, 1.807) is 6.07 Å². The molecule has 0 aliphatic carbocycles. The Hall–Kier alpha value is -1.46. The summed E-state index contributed by atoms with van der Waals surface area (Å²) in [5.74, 6) is 0.0681. The standard InChI is InChI=1S/C14H21ClN4O/c1-18-7-3-4-11(9-18)19(2)13-6-5-10(8-12(13)15)14(16)17-20/h5-6,8,11,20H,3-4,7,9H2,1-2H3,(H2,16,17). The summed E-state index contributed by atoms with van der Waals surface area (Å²) in [5, 5.41) is 12.3. The second-order valence-corrected chi connectivity index (χ2v) is 5.73. The minimum Gasteiger partial charge on any atom is -0.409 e. The number of nitrogens with two attached hydrogens (primary N) is 1. The van der Waals surface area contributed by atoms with Crippen molar-refractivity contribution in [1.29, 1.82) is 0 Å². The molecule has 3 N–H and O–H groups in total. The SMILES string of the molecule is CN1CCCC(N(C)c2ccc(C(N)=NO)cc2Cl)C1. The van der Waals surface area contributed by atoms with Crippen LogP contribution in [0.15, 0.2) is 23.4 Å². The van der Waals surface area contributed by atoms with Crippen LogP contribution in [0.3, 0.4) is 0 Å². The van der Waals surface area contributed by atoms with Crippen molar-refractivity contribution in [2.24, 2.45) is 10.9 Å². The van der Waals surface area contributed by atoms with Gasteiger partial charge in [-0.3, -0.25) is 0 Å². The van der Waals surface area contributed by atoms with Gasteiger partial charge in [-0.2, -0.15) is 0 Å². The summed E-state index contributed by atoms with van der Waals surface area (Å²) in [5.41, 5.74) is 7.17. The second-order valence-electron chi connectivity index (χ2n) is 5.32. The highest BCUT2D eigenvalue weighted by Gasteiger charge is 2.22. The molecule has 1 aliphatic heterocycles. The molecule has 110 valence electrons. The van der Waals surface area contributed by atoms with Crippen LogP contribution in [0.2, 0.25) is 5.02 Å². The summed E-state index contributed by atoms with van der Waals surface area (Å²) >= 11 is 6.33. The van der Waals surface area contributed by atoms with Crippen LogP contribution >= 0.6 is 11.6 Å². The molecule has 5 nitrogen and oxygen atoms in total. The maximum absolute atomic E-state index is 8.69. The third-order valence-electron chi connectivity index (χ3n) is 3.88. The van der Waals surface area contributed by atoms with Gasteiger partial charge in [0.1, 0.15) is 0 Å². The number of likely N-dealkylation sites (N-methyl/N-ethyl adjacent to an activating group) is 2. The molecule has 6 heteroatoms. The monoisotopic (exact) mass is 296 g/mol. The van der Waals surface area contributed by atoms with E-state index in [2.05, 4.69) is 29.1 Å². The highest BCUT2D eigenvalue weighted by Crippen LogP contribution is 2.29. The van der Waals surface area contributed by atoms with Gasteiger partial charge in [-0.05, 0) is 44.6 Å². The predicted octanol–water partition coefficient (Wildman–Crippen LogP) is 1.96. The van der Waals surface area contributed by atoms with Gasteiger partial charge >= 0.3 is 0 Å². The normalized spacial score (nSPS) is 20.9. The number of piperidine rings is 1. The number of halogens is 1. The van der Waals surface area contributed by atoms with Crippen molar-refractivity contribution in [3.8, 4) is 0 Å². The summed E-state index contributed by atoms with van der Waals surface area (Å²) in [6.45, 7) is 2.19. The number of nitrogens with zero attached hydrogens (tertiary/aromatic N) is 3. The highest BCUT2D eigenvalue weighted by molar-refractivity contribution is 6.33. The maximum atomic E-state index is 8.69. The lowest BCUT2D eigenvalue weighted by atomic mass is 10.0. The molecular formula is C14H21ClN4O. The van der Waals surface area contributed by atoms with Gasteiger partial charge in [-0.25, -0.2) is 0 Å². The summed E-state index contributed by atoms with van der Waals surface area (Å²) in [6.07, 6.45) is 2.37. The lowest BCUT2D eigenvalue weighted by Crippen LogP contribution is -2.45. The second kappa shape index (κ2) is 6.33. The van der Waals surface area contributed by atoms with E-state index >= 15 is 0 Å². The Bertz CT molecular complexity index is 506. The van der Waals surface area contributed by atoms with Gasteiger partial charge in [0.2, 0.25) is 0 Å². The fourth-order valence-electron chi connectivity index (χ4n) is 2.66. The summed E-state index contributed by atoms with van der Waals surface area (Å²) in [7, 11) is 4.21. The van der Waals surface area contributed by atoms with Gasteiger partial charge in [0.05, 0.1) is 10.7 Å². The van der Waals surface area contributed by atoms with E-state index < -0.39 is 0 Å². The number of oxime groups is 1. The van der Waals surface area contributed by atoms with E-state index in [1.165, 1.54) is 12.8 Å². The zero-order valence-electron chi connectivity index (χ0n) is 11.9. The van der Waals surface area contributed by atoms with Gasteiger partial charge in [0.25, 0.3) is 0 Å². The molecule has 0 aromatic heterocycles. The van der Waals surface area contributed by atoms with Crippen LogP contribution < -0.4 is 10.6 Å². The Morgan fingerprint density at radius 3 is 2.90 bits per heavy atom.